The molecule has 1 fully saturated rings. The maximum atomic E-state index is 13.0. The zero-order valence-electron chi connectivity index (χ0n) is 10.2. The van der Waals surface area contributed by atoms with Gasteiger partial charge < -0.3 is 9.64 Å². The van der Waals surface area contributed by atoms with Gasteiger partial charge in [-0.3, -0.25) is 4.79 Å². The molecule has 1 unspecified atom stereocenters. The highest BCUT2D eigenvalue weighted by Crippen LogP contribution is 2.20. The predicted molar refractivity (Wildman–Crippen MR) is 70.0 cm³/mol. The first-order valence-electron chi connectivity index (χ1n) is 5.94. The molecule has 1 aromatic carbocycles. The van der Waals surface area contributed by atoms with E-state index in [2.05, 4.69) is 15.9 Å². The van der Waals surface area contributed by atoms with Crippen molar-refractivity contribution in [1.29, 1.82) is 0 Å². The van der Waals surface area contributed by atoms with E-state index in [-0.39, 0.29) is 17.8 Å². The molecule has 1 saturated heterocycles. The normalized spacial score (nSPS) is 20.6. The summed E-state index contributed by atoms with van der Waals surface area (Å²) in [5.74, 6) is -0.440. The van der Waals surface area contributed by atoms with Crippen LogP contribution in [0.15, 0.2) is 22.7 Å². The zero-order valence-corrected chi connectivity index (χ0v) is 11.7. The first-order valence-corrected chi connectivity index (χ1v) is 6.73. The largest absolute Gasteiger partial charge is 0.377 e. The molecule has 5 heteroatoms. The van der Waals surface area contributed by atoms with Gasteiger partial charge in [0.2, 0.25) is 0 Å². The van der Waals surface area contributed by atoms with Gasteiger partial charge in [-0.1, -0.05) is 0 Å². The van der Waals surface area contributed by atoms with Crippen LogP contribution in [0.1, 0.15) is 23.7 Å². The van der Waals surface area contributed by atoms with Crippen molar-refractivity contribution in [1.82, 2.24) is 4.90 Å². The Kier molecular flexibility index (Phi) is 4.35. The van der Waals surface area contributed by atoms with Crippen LogP contribution in [-0.2, 0) is 4.74 Å². The summed E-state index contributed by atoms with van der Waals surface area (Å²) in [7, 11) is 0. The van der Waals surface area contributed by atoms with E-state index in [9.17, 15) is 9.18 Å². The molecule has 0 aromatic heterocycles. The zero-order chi connectivity index (χ0) is 13.1. The fourth-order valence-electron chi connectivity index (χ4n) is 2.01. The number of nitrogens with zero attached hydrogens (tertiary/aromatic N) is 1. The Morgan fingerprint density at radius 3 is 3.06 bits per heavy atom. The standard InChI is InChI=1S/C13H15BrFNO2/c1-9-8-16(5-2-6-18-9)13(17)11-4-3-10(15)7-12(11)14/h3-4,7,9H,2,5-6,8H2,1H3. The van der Waals surface area contributed by atoms with Gasteiger partial charge in [-0.05, 0) is 47.5 Å². The van der Waals surface area contributed by atoms with E-state index in [1.54, 1.807) is 4.90 Å². The van der Waals surface area contributed by atoms with Gasteiger partial charge in [0.25, 0.3) is 5.91 Å². The van der Waals surface area contributed by atoms with Crippen molar-refractivity contribution in [2.24, 2.45) is 0 Å². The molecule has 18 heavy (non-hydrogen) atoms. The van der Waals surface area contributed by atoms with Crippen LogP contribution < -0.4 is 0 Å². The molecule has 3 nitrogen and oxygen atoms in total. The van der Waals surface area contributed by atoms with Crippen LogP contribution in [0.4, 0.5) is 4.39 Å². The van der Waals surface area contributed by atoms with Gasteiger partial charge in [-0.25, -0.2) is 4.39 Å². The monoisotopic (exact) mass is 315 g/mol. The quantitative estimate of drug-likeness (QED) is 0.797. The Bertz CT molecular complexity index is 453. The second kappa shape index (κ2) is 5.80. The Balaban J connectivity index is 2.19. The van der Waals surface area contributed by atoms with Crippen LogP contribution in [0.5, 0.6) is 0 Å². The molecule has 0 saturated carbocycles. The third-order valence-corrected chi connectivity index (χ3v) is 3.56. The third kappa shape index (κ3) is 3.09. The second-order valence-electron chi connectivity index (χ2n) is 4.41. The Hall–Kier alpha value is -0.940. The van der Waals surface area contributed by atoms with Crippen LogP contribution in [0, 0.1) is 5.82 Å². The summed E-state index contributed by atoms with van der Waals surface area (Å²) in [6, 6.07) is 4.12. The molecular weight excluding hydrogens is 301 g/mol. The van der Waals surface area contributed by atoms with Gasteiger partial charge in [0.05, 0.1) is 11.7 Å². The number of hydrogen-bond acceptors (Lipinski definition) is 2. The number of benzene rings is 1. The molecule has 1 heterocycles. The summed E-state index contributed by atoms with van der Waals surface area (Å²) < 4.78 is 19.0. The molecule has 1 aliphatic heterocycles. The lowest BCUT2D eigenvalue weighted by atomic mass is 10.2. The maximum Gasteiger partial charge on any atom is 0.255 e. The summed E-state index contributed by atoms with van der Waals surface area (Å²) >= 11 is 3.23. The van der Waals surface area contributed by atoms with Gasteiger partial charge in [-0.15, -0.1) is 0 Å². The van der Waals surface area contributed by atoms with Crippen LogP contribution in [-0.4, -0.2) is 36.6 Å². The number of halogens is 2. The van der Waals surface area contributed by atoms with E-state index in [1.807, 2.05) is 6.92 Å². The van der Waals surface area contributed by atoms with Gasteiger partial charge >= 0.3 is 0 Å². The van der Waals surface area contributed by atoms with Crippen molar-refractivity contribution in [3.63, 3.8) is 0 Å². The number of rotatable bonds is 1. The molecule has 98 valence electrons. The SMILES string of the molecule is CC1CN(C(=O)c2ccc(F)cc2Br)CCCO1. The lowest BCUT2D eigenvalue weighted by Gasteiger charge is -2.22. The average molecular weight is 316 g/mol. The van der Waals surface area contributed by atoms with Crippen LogP contribution in [0.25, 0.3) is 0 Å². The number of carbonyl (C=O) groups excluding carboxylic acids is 1. The summed E-state index contributed by atoms with van der Waals surface area (Å²) in [6.45, 7) is 3.87. The van der Waals surface area contributed by atoms with Crippen LogP contribution in [0.2, 0.25) is 0 Å². The highest BCUT2D eigenvalue weighted by Gasteiger charge is 2.22. The fourth-order valence-corrected chi connectivity index (χ4v) is 2.53. The molecule has 0 aliphatic carbocycles. The molecule has 1 amide bonds. The van der Waals surface area contributed by atoms with Crippen molar-refractivity contribution >= 4 is 21.8 Å². The Morgan fingerprint density at radius 1 is 1.56 bits per heavy atom. The van der Waals surface area contributed by atoms with Crippen LogP contribution >= 0.6 is 15.9 Å². The van der Waals surface area contributed by atoms with E-state index in [4.69, 9.17) is 4.74 Å². The maximum absolute atomic E-state index is 13.0. The predicted octanol–water partition coefficient (Wildman–Crippen LogP) is 2.84. The topological polar surface area (TPSA) is 29.5 Å². The van der Waals surface area contributed by atoms with Crippen molar-refractivity contribution in [3.05, 3.63) is 34.1 Å². The van der Waals surface area contributed by atoms with E-state index in [0.29, 0.717) is 29.7 Å². The fraction of sp³-hybridized carbons (Fsp3) is 0.462. The van der Waals surface area contributed by atoms with Crippen molar-refractivity contribution < 1.29 is 13.9 Å². The van der Waals surface area contributed by atoms with Gasteiger partial charge in [0, 0.05) is 24.2 Å². The molecular formula is C13H15BrFNO2. The minimum absolute atomic E-state index is 0.0377. The van der Waals surface area contributed by atoms with E-state index >= 15 is 0 Å². The summed E-state index contributed by atoms with van der Waals surface area (Å²) in [5, 5.41) is 0. The summed E-state index contributed by atoms with van der Waals surface area (Å²) in [4.78, 5) is 14.1. The minimum atomic E-state index is -0.356. The smallest absolute Gasteiger partial charge is 0.255 e. The number of carbonyl (C=O) groups is 1. The molecule has 0 N–H and O–H groups in total. The first-order chi connectivity index (χ1) is 8.58. The van der Waals surface area contributed by atoms with Gasteiger partial charge in [-0.2, -0.15) is 0 Å². The number of hydrogen-bond donors (Lipinski definition) is 0. The molecule has 0 spiro atoms. The Morgan fingerprint density at radius 2 is 2.33 bits per heavy atom. The lowest BCUT2D eigenvalue weighted by molar-refractivity contribution is 0.0562. The van der Waals surface area contributed by atoms with Crippen molar-refractivity contribution in [2.75, 3.05) is 19.7 Å². The molecule has 0 radical (unpaired) electrons. The number of amides is 1. The van der Waals surface area contributed by atoms with Crippen molar-refractivity contribution in [2.45, 2.75) is 19.4 Å². The minimum Gasteiger partial charge on any atom is -0.377 e. The summed E-state index contributed by atoms with van der Waals surface area (Å²) in [5.41, 5.74) is 0.491. The first kappa shape index (κ1) is 13.5. The van der Waals surface area contributed by atoms with Crippen LogP contribution in [0.3, 0.4) is 0 Å². The average Bonchev–Trinajstić information content (AvgIpc) is 2.53. The molecule has 0 bridgehead atoms. The van der Waals surface area contributed by atoms with Gasteiger partial charge in [0.15, 0.2) is 0 Å². The lowest BCUT2D eigenvalue weighted by Crippen LogP contribution is -2.36. The van der Waals surface area contributed by atoms with Gasteiger partial charge in [0.1, 0.15) is 5.82 Å². The van der Waals surface area contributed by atoms with E-state index in [0.717, 1.165) is 6.42 Å². The van der Waals surface area contributed by atoms with Crippen molar-refractivity contribution in [3.8, 4) is 0 Å². The molecule has 1 aromatic rings. The van der Waals surface area contributed by atoms with E-state index < -0.39 is 0 Å². The second-order valence-corrected chi connectivity index (χ2v) is 5.26. The van der Waals surface area contributed by atoms with E-state index in [1.165, 1.54) is 18.2 Å². The summed E-state index contributed by atoms with van der Waals surface area (Å²) in [6.07, 6.45) is 0.866. The molecule has 1 aliphatic rings. The highest BCUT2D eigenvalue weighted by molar-refractivity contribution is 9.10. The highest BCUT2D eigenvalue weighted by atomic mass is 79.9. The Labute approximate surface area is 114 Å². The number of ether oxygens (including phenoxy) is 1. The molecule has 1 atom stereocenters. The third-order valence-electron chi connectivity index (χ3n) is 2.90. The molecule has 2 rings (SSSR count).